The standard InChI is InChI=1S/C22H21ClN2O4.2C2H6/c23-16-5-3-14(4-6-16)12-24-22(28)18-13-25-7-9-29-19-11-15(2-1-8-26)10-17(20(19)25)21(18)27;2*1-2/h3-6,10-11,13,26H,1-2,7-9,12H2,(H,24,28);2*1-2H3. The van der Waals surface area contributed by atoms with Crippen LogP contribution in [0.3, 0.4) is 0 Å². The van der Waals surface area contributed by atoms with E-state index in [2.05, 4.69) is 5.32 Å². The molecule has 2 aromatic carbocycles. The molecule has 6 nitrogen and oxygen atoms in total. The highest BCUT2D eigenvalue weighted by Crippen LogP contribution is 2.29. The van der Waals surface area contributed by atoms with E-state index in [0.717, 1.165) is 11.1 Å². The summed E-state index contributed by atoms with van der Waals surface area (Å²) >= 11 is 5.89. The normalized spacial score (nSPS) is 11.5. The lowest BCUT2D eigenvalue weighted by atomic mass is 10.0. The van der Waals surface area contributed by atoms with Gasteiger partial charge in [0.1, 0.15) is 17.9 Å². The topological polar surface area (TPSA) is 80.6 Å². The summed E-state index contributed by atoms with van der Waals surface area (Å²) in [5.74, 6) is 0.233. The third kappa shape index (κ3) is 6.36. The number of halogens is 1. The minimum atomic E-state index is -0.413. The molecular formula is C26H33ClN2O4. The first-order valence-corrected chi connectivity index (χ1v) is 11.9. The maximum Gasteiger partial charge on any atom is 0.257 e. The van der Waals surface area contributed by atoms with Crippen LogP contribution in [-0.4, -0.2) is 28.8 Å². The fraction of sp³-hybridized carbons (Fsp3) is 0.385. The van der Waals surface area contributed by atoms with Gasteiger partial charge in [0, 0.05) is 24.4 Å². The first-order chi connectivity index (χ1) is 16.1. The zero-order valence-electron chi connectivity index (χ0n) is 19.8. The van der Waals surface area contributed by atoms with Gasteiger partial charge >= 0.3 is 0 Å². The van der Waals surface area contributed by atoms with Crippen LogP contribution in [0, 0.1) is 0 Å². The molecule has 0 radical (unpaired) electrons. The van der Waals surface area contributed by atoms with Crippen LogP contribution in [0.15, 0.2) is 47.4 Å². The number of benzene rings is 2. The van der Waals surface area contributed by atoms with Crippen molar-refractivity contribution in [2.75, 3.05) is 13.2 Å². The van der Waals surface area contributed by atoms with Gasteiger partial charge in [-0.15, -0.1) is 0 Å². The molecule has 2 N–H and O–H groups in total. The van der Waals surface area contributed by atoms with Crippen LogP contribution in [0.25, 0.3) is 10.9 Å². The van der Waals surface area contributed by atoms with Crippen molar-refractivity contribution in [3.8, 4) is 5.75 Å². The summed E-state index contributed by atoms with van der Waals surface area (Å²) in [6.45, 7) is 9.42. The predicted molar refractivity (Wildman–Crippen MR) is 134 cm³/mol. The number of hydrogen-bond donors (Lipinski definition) is 2. The van der Waals surface area contributed by atoms with Crippen molar-refractivity contribution in [3.05, 3.63) is 74.5 Å². The zero-order valence-corrected chi connectivity index (χ0v) is 20.5. The van der Waals surface area contributed by atoms with E-state index in [-0.39, 0.29) is 17.6 Å². The van der Waals surface area contributed by atoms with E-state index in [4.69, 9.17) is 21.4 Å². The van der Waals surface area contributed by atoms with Crippen LogP contribution in [0.4, 0.5) is 0 Å². The SMILES string of the molecule is CC.CC.O=C(NCc1ccc(Cl)cc1)c1cn2c3c(cc(CCCO)cc3c1=O)OCC2. The van der Waals surface area contributed by atoms with Crippen LogP contribution in [-0.2, 0) is 19.5 Å². The van der Waals surface area contributed by atoms with Crippen LogP contribution >= 0.6 is 11.6 Å². The van der Waals surface area contributed by atoms with Crippen LogP contribution < -0.4 is 15.5 Å². The summed E-state index contributed by atoms with van der Waals surface area (Å²) in [6.07, 6.45) is 2.84. The lowest BCUT2D eigenvalue weighted by Gasteiger charge is -2.22. The minimum Gasteiger partial charge on any atom is -0.490 e. The summed E-state index contributed by atoms with van der Waals surface area (Å²) in [6, 6.07) is 10.9. The molecule has 0 spiro atoms. The second-order valence-electron chi connectivity index (χ2n) is 7.04. The second-order valence-corrected chi connectivity index (χ2v) is 7.48. The quantitative estimate of drug-likeness (QED) is 0.531. The van der Waals surface area contributed by atoms with Gasteiger partial charge in [-0.05, 0) is 48.2 Å². The van der Waals surface area contributed by atoms with E-state index >= 15 is 0 Å². The minimum absolute atomic E-state index is 0.0750. The number of rotatable bonds is 6. The Morgan fingerprint density at radius 2 is 1.82 bits per heavy atom. The third-order valence-electron chi connectivity index (χ3n) is 5.02. The van der Waals surface area contributed by atoms with E-state index in [1.807, 2.05) is 50.5 Å². The fourth-order valence-corrected chi connectivity index (χ4v) is 3.69. The molecule has 7 heteroatoms. The number of carbonyl (C=O) groups is 1. The molecular weight excluding hydrogens is 440 g/mol. The van der Waals surface area contributed by atoms with Gasteiger partial charge in [-0.1, -0.05) is 51.4 Å². The highest BCUT2D eigenvalue weighted by Gasteiger charge is 2.21. The van der Waals surface area contributed by atoms with Crippen LogP contribution in [0.1, 0.15) is 55.6 Å². The number of carbonyl (C=O) groups excluding carboxylic acids is 1. The molecule has 3 aromatic rings. The molecule has 0 saturated heterocycles. The van der Waals surface area contributed by atoms with E-state index in [9.17, 15) is 9.59 Å². The number of aliphatic hydroxyl groups is 1. The molecule has 178 valence electrons. The Morgan fingerprint density at radius 1 is 1.12 bits per heavy atom. The molecule has 2 heterocycles. The number of nitrogens with zero attached hydrogens (tertiary/aromatic N) is 1. The number of pyridine rings is 1. The van der Waals surface area contributed by atoms with E-state index in [1.54, 1.807) is 24.4 Å². The lowest BCUT2D eigenvalue weighted by Crippen LogP contribution is -2.30. The Hall–Kier alpha value is -2.83. The van der Waals surface area contributed by atoms with Crippen molar-refractivity contribution in [1.82, 2.24) is 9.88 Å². The number of hydrogen-bond acceptors (Lipinski definition) is 4. The van der Waals surface area contributed by atoms with Gasteiger partial charge < -0.3 is 19.7 Å². The average Bonchev–Trinajstić information content (AvgIpc) is 2.86. The molecule has 1 aliphatic heterocycles. The Labute approximate surface area is 200 Å². The number of nitrogens with one attached hydrogen (secondary N) is 1. The fourth-order valence-electron chi connectivity index (χ4n) is 3.57. The molecule has 0 aliphatic carbocycles. The predicted octanol–water partition coefficient (Wildman–Crippen LogP) is 4.95. The van der Waals surface area contributed by atoms with Crippen molar-refractivity contribution in [1.29, 1.82) is 0 Å². The van der Waals surface area contributed by atoms with Crippen LogP contribution in [0.5, 0.6) is 5.75 Å². The van der Waals surface area contributed by atoms with Gasteiger partial charge in [0.15, 0.2) is 0 Å². The van der Waals surface area contributed by atoms with E-state index in [0.29, 0.717) is 54.2 Å². The van der Waals surface area contributed by atoms with Crippen molar-refractivity contribution in [2.45, 2.75) is 53.6 Å². The molecule has 0 bridgehead atoms. The molecule has 33 heavy (non-hydrogen) atoms. The van der Waals surface area contributed by atoms with E-state index in [1.165, 1.54) is 0 Å². The smallest absolute Gasteiger partial charge is 0.257 e. The van der Waals surface area contributed by atoms with Gasteiger partial charge in [0.25, 0.3) is 5.91 Å². The Balaban J connectivity index is 0.000000914. The number of aromatic nitrogens is 1. The highest BCUT2D eigenvalue weighted by atomic mass is 35.5. The summed E-state index contributed by atoms with van der Waals surface area (Å²) in [5, 5.41) is 13.0. The Morgan fingerprint density at radius 3 is 2.48 bits per heavy atom. The Bertz CT molecular complexity index is 1120. The maximum absolute atomic E-state index is 13.1. The number of amides is 1. The highest BCUT2D eigenvalue weighted by molar-refractivity contribution is 6.30. The molecule has 0 saturated carbocycles. The van der Waals surface area contributed by atoms with E-state index < -0.39 is 5.91 Å². The number of aryl methyl sites for hydroxylation is 1. The monoisotopic (exact) mass is 472 g/mol. The molecule has 4 rings (SSSR count). The van der Waals surface area contributed by atoms with Crippen molar-refractivity contribution < 1.29 is 14.6 Å². The second kappa shape index (κ2) is 13.0. The maximum atomic E-state index is 13.1. The van der Waals surface area contributed by atoms with Gasteiger partial charge in [0.05, 0.1) is 17.4 Å². The molecule has 0 unspecified atom stereocenters. The summed E-state index contributed by atoms with van der Waals surface area (Å²) in [5.41, 5.74) is 2.31. The largest absolute Gasteiger partial charge is 0.490 e. The molecule has 0 fully saturated rings. The zero-order chi connectivity index (χ0) is 24.4. The summed E-state index contributed by atoms with van der Waals surface area (Å²) in [7, 11) is 0. The van der Waals surface area contributed by atoms with Gasteiger partial charge in [-0.25, -0.2) is 0 Å². The van der Waals surface area contributed by atoms with Crippen LogP contribution in [0.2, 0.25) is 5.02 Å². The van der Waals surface area contributed by atoms with Gasteiger partial charge in [-0.2, -0.15) is 0 Å². The molecule has 1 aliphatic rings. The third-order valence-corrected chi connectivity index (χ3v) is 5.27. The summed E-state index contributed by atoms with van der Waals surface area (Å²) < 4.78 is 7.66. The lowest BCUT2D eigenvalue weighted by molar-refractivity contribution is 0.0949. The van der Waals surface area contributed by atoms with Gasteiger partial charge in [0.2, 0.25) is 5.43 Å². The average molecular weight is 473 g/mol. The summed E-state index contributed by atoms with van der Waals surface area (Å²) in [4.78, 5) is 25.9. The van der Waals surface area contributed by atoms with Gasteiger partial charge in [-0.3, -0.25) is 9.59 Å². The molecule has 0 atom stereocenters. The number of ether oxygens (including phenoxy) is 1. The first-order valence-electron chi connectivity index (χ1n) is 11.5. The Kier molecular flexibility index (Phi) is 10.4. The first kappa shape index (κ1) is 26.4. The van der Waals surface area contributed by atoms with Crippen molar-refractivity contribution >= 4 is 28.4 Å². The van der Waals surface area contributed by atoms with Crippen molar-refractivity contribution in [3.63, 3.8) is 0 Å². The molecule has 1 aromatic heterocycles. The molecule has 1 amide bonds. The van der Waals surface area contributed by atoms with Crippen molar-refractivity contribution in [2.24, 2.45) is 0 Å². The number of aliphatic hydroxyl groups excluding tert-OH is 1.